The van der Waals surface area contributed by atoms with E-state index >= 15 is 0 Å². The summed E-state index contributed by atoms with van der Waals surface area (Å²) in [5.74, 6) is 0.161. The largest absolute Gasteiger partial charge is 0.511 e. The zero-order chi connectivity index (χ0) is 13.8. The molecule has 0 amide bonds. The summed E-state index contributed by atoms with van der Waals surface area (Å²) in [5, 5.41) is 9.77. The summed E-state index contributed by atoms with van der Waals surface area (Å²) in [6, 6.07) is 3.46. The number of nitrogens with one attached hydrogen (secondary N) is 1. The van der Waals surface area contributed by atoms with E-state index in [4.69, 9.17) is 26.2 Å². The first-order chi connectivity index (χ1) is 9.13. The van der Waals surface area contributed by atoms with Crippen LogP contribution in [0, 0.1) is 0 Å². The normalized spacial score (nSPS) is 10.8. The Bertz CT molecular complexity index is 594. The van der Waals surface area contributed by atoms with Crippen molar-refractivity contribution in [3.8, 4) is 5.75 Å². The highest BCUT2D eigenvalue weighted by Crippen LogP contribution is 2.35. The van der Waals surface area contributed by atoms with E-state index in [1.165, 1.54) is 0 Å². The molecule has 2 N–H and O–H groups in total. The van der Waals surface area contributed by atoms with Crippen LogP contribution in [0.4, 0.5) is 4.79 Å². The van der Waals surface area contributed by atoms with Crippen LogP contribution >= 0.6 is 11.6 Å². The molecule has 0 atom stereocenters. The number of aromatic nitrogens is 1. The van der Waals surface area contributed by atoms with Crippen molar-refractivity contribution in [2.45, 2.75) is 12.8 Å². The number of ether oxygens (including phenoxy) is 2. The fourth-order valence-corrected chi connectivity index (χ4v) is 2.27. The number of carboxylic acid groups (broad SMARTS) is 1. The van der Waals surface area contributed by atoms with Gasteiger partial charge in [0.1, 0.15) is 0 Å². The minimum absolute atomic E-state index is 0.161. The molecule has 0 saturated carbocycles. The number of halogens is 1. The van der Waals surface area contributed by atoms with Gasteiger partial charge in [-0.15, -0.1) is 0 Å². The van der Waals surface area contributed by atoms with Gasteiger partial charge in [-0.3, -0.25) is 0 Å². The van der Waals surface area contributed by atoms with E-state index in [9.17, 15) is 4.79 Å². The molecule has 0 aliphatic rings. The van der Waals surface area contributed by atoms with Crippen LogP contribution in [0.3, 0.4) is 0 Å². The molecule has 1 heterocycles. The summed E-state index contributed by atoms with van der Waals surface area (Å²) in [6.45, 7) is 0.639. The lowest BCUT2D eigenvalue weighted by Crippen LogP contribution is -2.04. The monoisotopic (exact) mass is 283 g/mol. The Kier molecular flexibility index (Phi) is 4.29. The van der Waals surface area contributed by atoms with E-state index in [0.29, 0.717) is 11.6 Å². The molecule has 0 spiro atoms. The zero-order valence-electron chi connectivity index (χ0n) is 10.4. The molecule has 1 aromatic heterocycles. The predicted octanol–water partition coefficient (Wildman–Crippen LogP) is 3.46. The predicted molar refractivity (Wildman–Crippen MR) is 72.2 cm³/mol. The molecule has 0 radical (unpaired) electrons. The Morgan fingerprint density at radius 1 is 1.53 bits per heavy atom. The third-order valence-corrected chi connectivity index (χ3v) is 3.21. The third kappa shape index (κ3) is 3.00. The van der Waals surface area contributed by atoms with Gasteiger partial charge >= 0.3 is 6.16 Å². The van der Waals surface area contributed by atoms with E-state index in [2.05, 4.69) is 4.98 Å². The molecule has 0 fully saturated rings. The third-order valence-electron chi connectivity index (χ3n) is 2.82. The van der Waals surface area contributed by atoms with Gasteiger partial charge in [-0.1, -0.05) is 11.6 Å². The molecule has 5 nitrogen and oxygen atoms in total. The van der Waals surface area contributed by atoms with Gasteiger partial charge in [0.25, 0.3) is 0 Å². The topological polar surface area (TPSA) is 71.6 Å². The van der Waals surface area contributed by atoms with Crippen LogP contribution in [-0.2, 0) is 11.2 Å². The van der Waals surface area contributed by atoms with Crippen LogP contribution in [-0.4, -0.2) is 30.0 Å². The van der Waals surface area contributed by atoms with Gasteiger partial charge in [-0.25, -0.2) is 4.79 Å². The maximum absolute atomic E-state index is 10.7. The molecular weight excluding hydrogens is 270 g/mol. The van der Waals surface area contributed by atoms with Gasteiger partial charge in [0.05, 0.1) is 10.5 Å². The lowest BCUT2D eigenvalue weighted by atomic mass is 10.1. The number of aromatic amines is 1. The Balaban J connectivity index is 2.40. The van der Waals surface area contributed by atoms with Gasteiger partial charge in [0, 0.05) is 25.3 Å². The van der Waals surface area contributed by atoms with Crippen LogP contribution in [0.2, 0.25) is 5.02 Å². The number of carbonyl (C=O) groups is 1. The maximum Gasteiger partial charge on any atom is 0.511 e. The molecule has 2 rings (SSSR count). The van der Waals surface area contributed by atoms with Gasteiger partial charge in [0.15, 0.2) is 5.75 Å². The van der Waals surface area contributed by atoms with Gasteiger partial charge in [0.2, 0.25) is 0 Å². The molecule has 0 saturated heterocycles. The SMILES string of the molecule is COCCCc1cc(OC(=O)O)c(Cl)c2cc[nH]c12. The van der Waals surface area contributed by atoms with Crippen LogP contribution in [0.15, 0.2) is 18.3 Å². The lowest BCUT2D eigenvalue weighted by Gasteiger charge is -2.09. The first-order valence-electron chi connectivity index (χ1n) is 5.81. The molecular formula is C13H14ClNO4. The number of H-pyrrole nitrogens is 1. The van der Waals surface area contributed by atoms with E-state index in [1.807, 2.05) is 0 Å². The number of hydrogen-bond acceptors (Lipinski definition) is 3. The maximum atomic E-state index is 10.7. The Morgan fingerprint density at radius 3 is 3.00 bits per heavy atom. The Labute approximate surface area is 115 Å². The zero-order valence-corrected chi connectivity index (χ0v) is 11.2. The standard InChI is InChI=1S/C13H14ClNO4/c1-18-6-2-3-8-7-10(19-13(16)17)11(14)9-4-5-15-12(8)9/h4-5,7,15H,2-3,6H2,1H3,(H,16,17). The summed E-state index contributed by atoms with van der Waals surface area (Å²) >= 11 is 6.13. The molecule has 6 heteroatoms. The first-order valence-corrected chi connectivity index (χ1v) is 6.19. The van der Waals surface area contributed by atoms with E-state index in [1.54, 1.807) is 25.4 Å². The summed E-state index contributed by atoms with van der Waals surface area (Å²) < 4.78 is 9.72. The molecule has 0 bridgehead atoms. The second-order valence-corrected chi connectivity index (χ2v) is 4.46. The average Bonchev–Trinajstić information content (AvgIpc) is 2.84. The Morgan fingerprint density at radius 2 is 2.32 bits per heavy atom. The molecule has 102 valence electrons. The quantitative estimate of drug-likeness (QED) is 0.501. The van der Waals surface area contributed by atoms with Crippen LogP contribution < -0.4 is 4.74 Å². The molecule has 0 aliphatic carbocycles. The molecule has 19 heavy (non-hydrogen) atoms. The number of hydrogen-bond donors (Lipinski definition) is 2. The van der Waals surface area contributed by atoms with E-state index in [0.717, 1.165) is 29.3 Å². The van der Waals surface area contributed by atoms with Gasteiger partial charge in [-0.2, -0.15) is 0 Å². The van der Waals surface area contributed by atoms with Crippen LogP contribution in [0.5, 0.6) is 5.75 Å². The molecule has 2 aromatic rings. The van der Waals surface area contributed by atoms with Crippen molar-refractivity contribution in [2.75, 3.05) is 13.7 Å². The lowest BCUT2D eigenvalue weighted by molar-refractivity contribution is 0.144. The van der Waals surface area contributed by atoms with Gasteiger partial charge < -0.3 is 19.6 Å². The second kappa shape index (κ2) is 5.95. The highest BCUT2D eigenvalue weighted by Gasteiger charge is 2.14. The fourth-order valence-electron chi connectivity index (χ4n) is 2.02. The van der Waals surface area contributed by atoms with Crippen molar-refractivity contribution >= 4 is 28.7 Å². The van der Waals surface area contributed by atoms with Crippen LogP contribution in [0.25, 0.3) is 10.9 Å². The summed E-state index contributed by atoms with van der Waals surface area (Å²) in [4.78, 5) is 13.8. The molecule has 0 unspecified atom stereocenters. The number of aryl methyl sites for hydroxylation is 1. The highest BCUT2D eigenvalue weighted by molar-refractivity contribution is 6.37. The number of methoxy groups -OCH3 is 1. The molecule has 0 aliphatic heterocycles. The minimum atomic E-state index is -1.38. The summed E-state index contributed by atoms with van der Waals surface area (Å²) in [7, 11) is 1.64. The second-order valence-electron chi connectivity index (χ2n) is 4.08. The summed E-state index contributed by atoms with van der Waals surface area (Å²) in [5.41, 5.74) is 1.86. The van der Waals surface area contributed by atoms with Crippen molar-refractivity contribution in [3.05, 3.63) is 28.9 Å². The molecule has 1 aromatic carbocycles. The number of benzene rings is 1. The van der Waals surface area contributed by atoms with E-state index < -0.39 is 6.16 Å². The van der Waals surface area contributed by atoms with Crippen molar-refractivity contribution in [2.24, 2.45) is 0 Å². The van der Waals surface area contributed by atoms with E-state index in [-0.39, 0.29) is 5.75 Å². The van der Waals surface area contributed by atoms with Crippen LogP contribution in [0.1, 0.15) is 12.0 Å². The van der Waals surface area contributed by atoms with Crippen molar-refractivity contribution in [1.29, 1.82) is 0 Å². The highest BCUT2D eigenvalue weighted by atomic mass is 35.5. The average molecular weight is 284 g/mol. The first kappa shape index (κ1) is 13.7. The number of fused-ring (bicyclic) bond motifs is 1. The van der Waals surface area contributed by atoms with Crippen molar-refractivity contribution < 1.29 is 19.4 Å². The minimum Gasteiger partial charge on any atom is -0.449 e. The summed E-state index contributed by atoms with van der Waals surface area (Å²) in [6.07, 6.45) is 1.97. The van der Waals surface area contributed by atoms with Crippen molar-refractivity contribution in [3.63, 3.8) is 0 Å². The van der Waals surface area contributed by atoms with Crippen molar-refractivity contribution in [1.82, 2.24) is 4.98 Å². The Hall–Kier alpha value is -1.72. The van der Waals surface area contributed by atoms with Gasteiger partial charge in [-0.05, 0) is 30.5 Å². The number of rotatable bonds is 5. The smallest absolute Gasteiger partial charge is 0.449 e. The fraction of sp³-hybridized carbons (Fsp3) is 0.308.